The first-order valence-corrected chi connectivity index (χ1v) is 4.93. The minimum atomic E-state index is 0.399. The molecule has 0 aliphatic heterocycles. The van der Waals surface area contributed by atoms with Gasteiger partial charge in [-0.3, -0.25) is 0 Å². The zero-order valence-electron chi connectivity index (χ0n) is 6.24. The molecule has 0 bridgehead atoms. The Morgan fingerprint density at radius 1 is 1.23 bits per heavy atom. The quantitative estimate of drug-likeness (QED) is 0.709. The molecule has 13 heavy (non-hydrogen) atoms. The molecule has 6 heteroatoms. The van der Waals surface area contributed by atoms with Crippen LogP contribution in [0.4, 0.5) is 0 Å². The van der Waals surface area contributed by atoms with Gasteiger partial charge in [-0.1, -0.05) is 34.5 Å². The molecule has 0 radical (unpaired) electrons. The van der Waals surface area contributed by atoms with E-state index in [1.165, 1.54) is 11.3 Å². The van der Waals surface area contributed by atoms with E-state index in [4.69, 9.17) is 23.2 Å². The van der Waals surface area contributed by atoms with Gasteiger partial charge in [-0.05, 0) is 6.07 Å². The van der Waals surface area contributed by atoms with Crippen molar-refractivity contribution in [3.05, 3.63) is 27.9 Å². The van der Waals surface area contributed by atoms with E-state index in [1.54, 1.807) is 18.5 Å². The zero-order valence-corrected chi connectivity index (χ0v) is 8.57. The summed E-state index contributed by atoms with van der Waals surface area (Å²) in [5, 5.41) is 1.07. The van der Waals surface area contributed by atoms with Crippen molar-refractivity contribution >= 4 is 34.5 Å². The topological polar surface area (TPSA) is 38.7 Å². The molecule has 0 aromatic carbocycles. The van der Waals surface area contributed by atoms with Crippen molar-refractivity contribution in [2.75, 3.05) is 0 Å². The first kappa shape index (κ1) is 8.87. The van der Waals surface area contributed by atoms with Crippen molar-refractivity contribution in [3.8, 4) is 10.8 Å². The number of thiazole rings is 1. The van der Waals surface area contributed by atoms with Gasteiger partial charge in [0, 0.05) is 6.20 Å². The maximum atomic E-state index is 5.72. The number of nitrogens with zero attached hydrogens (tertiary/aromatic N) is 3. The molecule has 2 aromatic heterocycles. The number of rotatable bonds is 1. The lowest BCUT2D eigenvalue weighted by Crippen LogP contribution is -1.86. The van der Waals surface area contributed by atoms with Crippen molar-refractivity contribution in [3.63, 3.8) is 0 Å². The number of hydrogen-bond donors (Lipinski definition) is 0. The maximum Gasteiger partial charge on any atom is 0.190 e. The average molecular weight is 232 g/mol. The van der Waals surface area contributed by atoms with Crippen LogP contribution in [0, 0.1) is 0 Å². The smallest absolute Gasteiger partial charge is 0.190 e. The third-order valence-corrected chi connectivity index (χ3v) is 2.61. The van der Waals surface area contributed by atoms with Crippen molar-refractivity contribution in [1.29, 1.82) is 0 Å². The molecule has 0 saturated heterocycles. The van der Waals surface area contributed by atoms with Gasteiger partial charge < -0.3 is 0 Å². The van der Waals surface area contributed by atoms with E-state index in [0.29, 0.717) is 20.3 Å². The molecule has 3 nitrogen and oxygen atoms in total. The van der Waals surface area contributed by atoms with Gasteiger partial charge in [0.2, 0.25) is 0 Å². The summed E-state index contributed by atoms with van der Waals surface area (Å²) < 4.78 is 0.610. The van der Waals surface area contributed by atoms with Crippen LogP contribution in [0.2, 0.25) is 9.49 Å². The van der Waals surface area contributed by atoms with Gasteiger partial charge in [0.25, 0.3) is 0 Å². The Morgan fingerprint density at radius 2 is 2.08 bits per heavy atom. The summed E-state index contributed by atoms with van der Waals surface area (Å²) in [6.45, 7) is 0. The Hall–Kier alpha value is -0.710. The summed E-state index contributed by atoms with van der Waals surface area (Å²) in [6.07, 6.45) is 3.14. The van der Waals surface area contributed by atoms with E-state index >= 15 is 0 Å². The zero-order chi connectivity index (χ0) is 9.26. The number of hydrogen-bond acceptors (Lipinski definition) is 4. The van der Waals surface area contributed by atoms with Gasteiger partial charge in [0.1, 0.15) is 9.49 Å². The van der Waals surface area contributed by atoms with Crippen LogP contribution in [0.5, 0.6) is 0 Å². The fraction of sp³-hybridized carbons (Fsp3) is 0. The molecule has 0 N–H and O–H groups in total. The Morgan fingerprint density at radius 3 is 2.69 bits per heavy atom. The Balaban J connectivity index is 2.46. The van der Waals surface area contributed by atoms with Crippen molar-refractivity contribution in [2.24, 2.45) is 0 Å². The van der Waals surface area contributed by atoms with Gasteiger partial charge in [-0.25, -0.2) is 15.0 Å². The van der Waals surface area contributed by atoms with Crippen LogP contribution in [0.25, 0.3) is 10.8 Å². The molecular weight excluding hydrogens is 229 g/mol. The number of halogens is 2. The third-order valence-electron chi connectivity index (χ3n) is 1.29. The number of aromatic nitrogens is 3. The summed E-state index contributed by atoms with van der Waals surface area (Å²) in [5.74, 6) is 0.504. The summed E-state index contributed by atoms with van der Waals surface area (Å²) in [4.78, 5) is 12.0. The van der Waals surface area contributed by atoms with E-state index in [1.807, 2.05) is 0 Å². The van der Waals surface area contributed by atoms with Gasteiger partial charge in [-0.15, -0.1) is 0 Å². The lowest BCUT2D eigenvalue weighted by Gasteiger charge is -1.92. The van der Waals surface area contributed by atoms with Crippen LogP contribution in [-0.2, 0) is 0 Å². The summed E-state index contributed by atoms with van der Waals surface area (Å²) in [5.41, 5.74) is 0. The second kappa shape index (κ2) is 3.57. The molecule has 0 saturated carbocycles. The van der Waals surface area contributed by atoms with E-state index < -0.39 is 0 Å². The van der Waals surface area contributed by atoms with Crippen LogP contribution in [-0.4, -0.2) is 15.0 Å². The Kier molecular flexibility index (Phi) is 2.44. The minimum Gasteiger partial charge on any atom is -0.240 e. The van der Waals surface area contributed by atoms with Crippen LogP contribution in [0.1, 0.15) is 0 Å². The predicted octanol–water partition coefficient (Wildman–Crippen LogP) is 2.91. The highest BCUT2D eigenvalue weighted by atomic mass is 35.5. The fourth-order valence-electron chi connectivity index (χ4n) is 0.798. The second-order valence-corrected chi connectivity index (χ2v) is 4.22. The fourth-order valence-corrected chi connectivity index (χ4v) is 1.79. The normalized spacial score (nSPS) is 10.3. The highest BCUT2D eigenvalue weighted by Crippen LogP contribution is 2.25. The molecule has 0 unspecified atom stereocenters. The van der Waals surface area contributed by atoms with E-state index in [-0.39, 0.29) is 0 Å². The highest BCUT2D eigenvalue weighted by molar-refractivity contribution is 7.18. The lowest BCUT2D eigenvalue weighted by atomic mass is 10.6. The third kappa shape index (κ3) is 1.96. The molecule has 2 rings (SSSR count). The molecule has 0 fully saturated rings. The first-order valence-electron chi connectivity index (χ1n) is 3.36. The lowest BCUT2D eigenvalue weighted by molar-refractivity contribution is 1.16. The molecule has 2 aromatic rings. The SMILES string of the molecule is Clc1ccnc(-c2ncc(Cl)s2)n1. The minimum absolute atomic E-state index is 0.399. The van der Waals surface area contributed by atoms with Crippen LogP contribution < -0.4 is 0 Å². The maximum absolute atomic E-state index is 5.72. The van der Waals surface area contributed by atoms with Crippen LogP contribution >= 0.6 is 34.5 Å². The summed E-state index contributed by atoms with van der Waals surface area (Å²) >= 11 is 12.7. The van der Waals surface area contributed by atoms with E-state index in [2.05, 4.69) is 15.0 Å². The molecule has 0 aliphatic carbocycles. The average Bonchev–Trinajstić information content (AvgIpc) is 2.52. The molecule has 0 amide bonds. The van der Waals surface area contributed by atoms with Crippen LogP contribution in [0.15, 0.2) is 18.5 Å². The molecular formula is C7H3Cl2N3S. The van der Waals surface area contributed by atoms with Crippen LogP contribution in [0.3, 0.4) is 0 Å². The van der Waals surface area contributed by atoms with E-state index in [0.717, 1.165) is 0 Å². The molecule has 66 valence electrons. The van der Waals surface area contributed by atoms with E-state index in [9.17, 15) is 0 Å². The Labute approximate surface area is 88.4 Å². The molecule has 0 atom stereocenters. The summed E-state index contributed by atoms with van der Waals surface area (Å²) in [6, 6.07) is 1.61. The van der Waals surface area contributed by atoms with Crippen molar-refractivity contribution in [1.82, 2.24) is 15.0 Å². The molecule has 2 heterocycles. The van der Waals surface area contributed by atoms with Crippen molar-refractivity contribution < 1.29 is 0 Å². The van der Waals surface area contributed by atoms with Crippen molar-refractivity contribution in [2.45, 2.75) is 0 Å². The Bertz CT molecular complexity index is 429. The largest absolute Gasteiger partial charge is 0.240 e. The molecule has 0 aliphatic rings. The second-order valence-electron chi connectivity index (χ2n) is 2.17. The molecule has 0 spiro atoms. The monoisotopic (exact) mass is 231 g/mol. The van der Waals surface area contributed by atoms with Gasteiger partial charge in [0.15, 0.2) is 10.8 Å². The standard InChI is InChI=1S/C7H3Cl2N3S/c8-4-1-2-10-6(12-4)7-11-3-5(9)13-7/h1-3H. The van der Waals surface area contributed by atoms with Gasteiger partial charge in [-0.2, -0.15) is 0 Å². The van der Waals surface area contributed by atoms with Gasteiger partial charge >= 0.3 is 0 Å². The van der Waals surface area contributed by atoms with Gasteiger partial charge in [0.05, 0.1) is 6.20 Å². The predicted molar refractivity (Wildman–Crippen MR) is 53.2 cm³/mol. The highest BCUT2D eigenvalue weighted by Gasteiger charge is 2.06. The first-order chi connectivity index (χ1) is 6.25. The summed E-state index contributed by atoms with van der Waals surface area (Å²) in [7, 11) is 0.